The maximum atomic E-state index is 10.9. The van der Waals surface area contributed by atoms with Crippen LogP contribution in [0, 0.1) is 5.92 Å². The van der Waals surface area contributed by atoms with Gasteiger partial charge in [0, 0.05) is 24.3 Å². The van der Waals surface area contributed by atoms with Crippen LogP contribution in [0.25, 0.3) is 0 Å². The van der Waals surface area contributed by atoms with Crippen LogP contribution in [0.4, 0.5) is 11.4 Å². The summed E-state index contributed by atoms with van der Waals surface area (Å²) < 4.78 is 0. The van der Waals surface area contributed by atoms with Crippen molar-refractivity contribution in [2.75, 3.05) is 10.6 Å². The highest BCUT2D eigenvalue weighted by Crippen LogP contribution is 2.16. The van der Waals surface area contributed by atoms with E-state index >= 15 is 0 Å². The summed E-state index contributed by atoms with van der Waals surface area (Å²) in [6.45, 7) is 8.13. The van der Waals surface area contributed by atoms with E-state index in [9.17, 15) is 4.79 Å². The molecule has 1 aromatic rings. The van der Waals surface area contributed by atoms with Gasteiger partial charge in [-0.2, -0.15) is 0 Å². The minimum Gasteiger partial charge on any atom is -0.383 e. The highest BCUT2D eigenvalue weighted by molar-refractivity contribution is 5.88. The molecule has 0 aliphatic rings. The standard InChI is InChI=1S/C14H22N2O/c1-10(2)9-11(3)15-13-5-7-14(8-6-13)16-12(4)17/h5-8,10-11,15H,9H2,1-4H3,(H,16,17). The SMILES string of the molecule is CC(=O)Nc1ccc(NC(C)CC(C)C)cc1. The number of benzene rings is 1. The summed E-state index contributed by atoms with van der Waals surface area (Å²) in [4.78, 5) is 10.9. The quantitative estimate of drug-likeness (QED) is 0.818. The Kier molecular flexibility index (Phi) is 5.01. The second-order valence-corrected chi connectivity index (χ2v) is 4.93. The molecule has 2 N–H and O–H groups in total. The first-order valence-electron chi connectivity index (χ1n) is 6.11. The second kappa shape index (κ2) is 6.28. The van der Waals surface area contributed by atoms with E-state index in [4.69, 9.17) is 0 Å². The molecule has 1 aromatic carbocycles. The molecule has 0 saturated heterocycles. The second-order valence-electron chi connectivity index (χ2n) is 4.93. The zero-order chi connectivity index (χ0) is 12.8. The number of rotatable bonds is 5. The zero-order valence-corrected chi connectivity index (χ0v) is 11.1. The van der Waals surface area contributed by atoms with E-state index in [1.807, 2.05) is 24.3 Å². The van der Waals surface area contributed by atoms with Gasteiger partial charge in [0.05, 0.1) is 0 Å². The van der Waals surface area contributed by atoms with Crippen LogP contribution in [0.1, 0.15) is 34.1 Å². The molecule has 0 aliphatic carbocycles. The highest BCUT2D eigenvalue weighted by Gasteiger charge is 2.04. The van der Waals surface area contributed by atoms with Crippen molar-refractivity contribution in [1.82, 2.24) is 0 Å². The monoisotopic (exact) mass is 234 g/mol. The van der Waals surface area contributed by atoms with Crippen LogP contribution >= 0.6 is 0 Å². The highest BCUT2D eigenvalue weighted by atomic mass is 16.1. The number of amides is 1. The van der Waals surface area contributed by atoms with Crippen LogP contribution in [-0.4, -0.2) is 11.9 Å². The normalized spacial score (nSPS) is 12.3. The Hall–Kier alpha value is -1.51. The van der Waals surface area contributed by atoms with E-state index in [0.717, 1.165) is 17.8 Å². The summed E-state index contributed by atoms with van der Waals surface area (Å²) in [5.74, 6) is 0.648. The Morgan fingerprint density at radius 2 is 1.65 bits per heavy atom. The van der Waals surface area contributed by atoms with Crippen LogP contribution in [0.15, 0.2) is 24.3 Å². The number of hydrogen-bond donors (Lipinski definition) is 2. The van der Waals surface area contributed by atoms with Gasteiger partial charge in [0.25, 0.3) is 0 Å². The van der Waals surface area contributed by atoms with Crippen molar-refractivity contribution in [2.24, 2.45) is 5.92 Å². The van der Waals surface area contributed by atoms with Gasteiger partial charge in [-0.25, -0.2) is 0 Å². The van der Waals surface area contributed by atoms with Crippen LogP contribution < -0.4 is 10.6 Å². The Labute approximate surface area is 104 Å². The molecule has 0 fully saturated rings. The Morgan fingerprint density at radius 1 is 1.12 bits per heavy atom. The van der Waals surface area contributed by atoms with Gasteiger partial charge in [-0.05, 0) is 43.5 Å². The van der Waals surface area contributed by atoms with Crippen molar-refractivity contribution in [1.29, 1.82) is 0 Å². The fraction of sp³-hybridized carbons (Fsp3) is 0.500. The molecule has 1 amide bonds. The zero-order valence-electron chi connectivity index (χ0n) is 11.1. The topological polar surface area (TPSA) is 41.1 Å². The molecule has 1 rings (SSSR count). The van der Waals surface area contributed by atoms with E-state index in [2.05, 4.69) is 31.4 Å². The van der Waals surface area contributed by atoms with Gasteiger partial charge < -0.3 is 10.6 Å². The maximum Gasteiger partial charge on any atom is 0.221 e. The first kappa shape index (κ1) is 13.6. The van der Waals surface area contributed by atoms with E-state index in [1.54, 1.807) is 0 Å². The fourth-order valence-electron chi connectivity index (χ4n) is 1.90. The Balaban J connectivity index is 2.53. The van der Waals surface area contributed by atoms with E-state index in [-0.39, 0.29) is 5.91 Å². The third-order valence-electron chi connectivity index (χ3n) is 2.44. The molecule has 0 aliphatic heterocycles. The van der Waals surface area contributed by atoms with Gasteiger partial charge in [-0.1, -0.05) is 13.8 Å². The minimum absolute atomic E-state index is 0.0427. The molecule has 1 unspecified atom stereocenters. The molecule has 0 bridgehead atoms. The molecule has 0 saturated carbocycles. The molecule has 1 atom stereocenters. The van der Waals surface area contributed by atoms with Crippen molar-refractivity contribution >= 4 is 17.3 Å². The summed E-state index contributed by atoms with van der Waals surface area (Å²) in [5, 5.41) is 6.19. The van der Waals surface area contributed by atoms with Gasteiger partial charge in [0.1, 0.15) is 0 Å². The molecular formula is C14H22N2O. The van der Waals surface area contributed by atoms with Gasteiger partial charge in [-0.3, -0.25) is 4.79 Å². The molecule has 3 heteroatoms. The summed E-state index contributed by atoms with van der Waals surface area (Å²) >= 11 is 0. The van der Waals surface area contributed by atoms with E-state index in [0.29, 0.717) is 12.0 Å². The van der Waals surface area contributed by atoms with Crippen molar-refractivity contribution in [3.8, 4) is 0 Å². The van der Waals surface area contributed by atoms with E-state index in [1.165, 1.54) is 6.92 Å². The van der Waals surface area contributed by atoms with Crippen LogP contribution in [0.5, 0.6) is 0 Å². The lowest BCUT2D eigenvalue weighted by Crippen LogP contribution is -2.17. The summed E-state index contributed by atoms with van der Waals surface area (Å²) in [7, 11) is 0. The molecule has 0 heterocycles. The summed E-state index contributed by atoms with van der Waals surface area (Å²) in [6.07, 6.45) is 1.15. The third kappa shape index (κ3) is 5.38. The van der Waals surface area contributed by atoms with Gasteiger partial charge >= 0.3 is 0 Å². The van der Waals surface area contributed by atoms with Crippen LogP contribution in [-0.2, 0) is 4.79 Å². The number of carbonyl (C=O) groups is 1. The predicted molar refractivity (Wildman–Crippen MR) is 73.3 cm³/mol. The third-order valence-corrected chi connectivity index (χ3v) is 2.44. The van der Waals surface area contributed by atoms with Crippen molar-refractivity contribution in [3.05, 3.63) is 24.3 Å². The molecule has 17 heavy (non-hydrogen) atoms. The molecule has 3 nitrogen and oxygen atoms in total. The van der Waals surface area contributed by atoms with Crippen molar-refractivity contribution in [2.45, 2.75) is 40.2 Å². The maximum absolute atomic E-state index is 10.9. The lowest BCUT2D eigenvalue weighted by Gasteiger charge is -2.17. The molecule has 0 aromatic heterocycles. The predicted octanol–water partition coefficient (Wildman–Crippen LogP) is 3.49. The first-order valence-corrected chi connectivity index (χ1v) is 6.11. The smallest absolute Gasteiger partial charge is 0.221 e. The number of nitrogens with one attached hydrogen (secondary N) is 2. The average molecular weight is 234 g/mol. The van der Waals surface area contributed by atoms with Crippen molar-refractivity contribution in [3.63, 3.8) is 0 Å². The largest absolute Gasteiger partial charge is 0.383 e. The van der Waals surface area contributed by atoms with Gasteiger partial charge in [-0.15, -0.1) is 0 Å². The Morgan fingerprint density at radius 3 is 2.12 bits per heavy atom. The number of carbonyl (C=O) groups excluding carboxylic acids is 1. The van der Waals surface area contributed by atoms with Gasteiger partial charge in [0.2, 0.25) is 5.91 Å². The molecule has 0 radical (unpaired) electrons. The molecule has 0 spiro atoms. The molecular weight excluding hydrogens is 212 g/mol. The summed E-state index contributed by atoms with van der Waals surface area (Å²) in [5.41, 5.74) is 1.92. The minimum atomic E-state index is -0.0427. The Bertz CT molecular complexity index is 357. The van der Waals surface area contributed by atoms with Crippen LogP contribution in [0.3, 0.4) is 0 Å². The van der Waals surface area contributed by atoms with Gasteiger partial charge in [0.15, 0.2) is 0 Å². The molecule has 94 valence electrons. The first-order chi connectivity index (χ1) is 7.97. The lowest BCUT2D eigenvalue weighted by atomic mass is 10.1. The fourth-order valence-corrected chi connectivity index (χ4v) is 1.90. The number of hydrogen-bond acceptors (Lipinski definition) is 2. The lowest BCUT2D eigenvalue weighted by molar-refractivity contribution is -0.114. The van der Waals surface area contributed by atoms with Crippen LogP contribution in [0.2, 0.25) is 0 Å². The summed E-state index contributed by atoms with van der Waals surface area (Å²) in [6, 6.07) is 8.25. The van der Waals surface area contributed by atoms with E-state index < -0.39 is 0 Å². The number of anilines is 2. The van der Waals surface area contributed by atoms with Crippen molar-refractivity contribution < 1.29 is 4.79 Å². The average Bonchev–Trinajstić information content (AvgIpc) is 2.18.